The molecular formula is C16H17N3O2S. The molecule has 1 atom stereocenters. The Morgan fingerprint density at radius 2 is 2.09 bits per heavy atom. The van der Waals surface area contributed by atoms with E-state index in [0.717, 1.165) is 23.4 Å². The van der Waals surface area contributed by atoms with Crippen LogP contribution in [0, 0.1) is 0 Å². The van der Waals surface area contributed by atoms with E-state index in [0.29, 0.717) is 17.2 Å². The minimum Gasteiger partial charge on any atom is -0.356 e. The Morgan fingerprint density at radius 3 is 2.82 bits per heavy atom. The fraction of sp³-hybridized carbons (Fsp3) is 0.312. The number of anilines is 1. The van der Waals surface area contributed by atoms with E-state index in [2.05, 4.69) is 15.6 Å². The number of likely N-dealkylation sites (N-methyl/N-ethyl adjacent to an activating group) is 1. The van der Waals surface area contributed by atoms with Gasteiger partial charge in [0.15, 0.2) is 5.13 Å². The molecule has 1 aromatic carbocycles. The molecule has 1 unspecified atom stereocenters. The quantitative estimate of drug-likeness (QED) is 0.911. The number of carbonyl (C=O) groups is 2. The number of rotatable bonds is 4. The lowest BCUT2D eigenvalue weighted by atomic mass is 10.1. The maximum Gasteiger partial charge on any atom is 0.257 e. The fourth-order valence-corrected chi connectivity index (χ4v) is 3.63. The third-order valence-corrected chi connectivity index (χ3v) is 4.69. The zero-order valence-corrected chi connectivity index (χ0v) is 13.1. The second-order valence-corrected chi connectivity index (χ2v) is 6.22. The van der Waals surface area contributed by atoms with Crippen molar-refractivity contribution in [1.29, 1.82) is 0 Å². The molecule has 5 nitrogen and oxygen atoms in total. The van der Waals surface area contributed by atoms with Crippen molar-refractivity contribution in [2.24, 2.45) is 0 Å². The van der Waals surface area contributed by atoms with Gasteiger partial charge >= 0.3 is 0 Å². The van der Waals surface area contributed by atoms with Crippen molar-refractivity contribution in [3.05, 3.63) is 46.5 Å². The van der Waals surface area contributed by atoms with E-state index >= 15 is 0 Å². The molecule has 0 bridgehead atoms. The van der Waals surface area contributed by atoms with Crippen LogP contribution in [-0.4, -0.2) is 23.3 Å². The lowest BCUT2D eigenvalue weighted by molar-refractivity contribution is -0.122. The maximum atomic E-state index is 12.1. The van der Waals surface area contributed by atoms with Crippen LogP contribution in [-0.2, 0) is 11.2 Å². The summed E-state index contributed by atoms with van der Waals surface area (Å²) in [5.41, 5.74) is 1.41. The summed E-state index contributed by atoms with van der Waals surface area (Å²) < 4.78 is 0. The van der Waals surface area contributed by atoms with Crippen LogP contribution >= 0.6 is 11.3 Å². The van der Waals surface area contributed by atoms with Crippen molar-refractivity contribution in [2.75, 3.05) is 11.9 Å². The Hall–Kier alpha value is -2.21. The van der Waals surface area contributed by atoms with Crippen molar-refractivity contribution in [3.63, 3.8) is 0 Å². The molecule has 6 heteroatoms. The average molecular weight is 315 g/mol. The Morgan fingerprint density at radius 1 is 1.32 bits per heavy atom. The summed E-state index contributed by atoms with van der Waals surface area (Å²) in [5, 5.41) is 6.22. The first-order valence-corrected chi connectivity index (χ1v) is 8.14. The van der Waals surface area contributed by atoms with Crippen LogP contribution in [0.1, 0.15) is 40.2 Å². The molecule has 1 aromatic heterocycles. The fourth-order valence-electron chi connectivity index (χ4n) is 2.59. The number of fused-ring (bicyclic) bond motifs is 1. The van der Waals surface area contributed by atoms with E-state index in [-0.39, 0.29) is 17.7 Å². The second kappa shape index (κ2) is 6.27. The topological polar surface area (TPSA) is 71.1 Å². The van der Waals surface area contributed by atoms with Crippen LogP contribution in [0.4, 0.5) is 5.13 Å². The predicted molar refractivity (Wildman–Crippen MR) is 86.3 cm³/mol. The normalized spacial score (nSPS) is 16.1. The molecule has 0 radical (unpaired) electrons. The molecule has 2 aromatic rings. The number of nitrogens with zero attached hydrogens (tertiary/aromatic N) is 1. The monoisotopic (exact) mass is 315 g/mol. The van der Waals surface area contributed by atoms with E-state index in [4.69, 9.17) is 0 Å². The van der Waals surface area contributed by atoms with E-state index in [1.54, 1.807) is 12.1 Å². The van der Waals surface area contributed by atoms with E-state index in [9.17, 15) is 9.59 Å². The molecule has 3 rings (SSSR count). The van der Waals surface area contributed by atoms with Crippen molar-refractivity contribution in [2.45, 2.75) is 25.7 Å². The third-order valence-electron chi connectivity index (χ3n) is 3.64. The number of aromatic nitrogens is 1. The van der Waals surface area contributed by atoms with E-state index in [1.807, 2.05) is 25.1 Å². The molecule has 0 aliphatic heterocycles. The van der Waals surface area contributed by atoms with Crippen molar-refractivity contribution >= 4 is 28.3 Å². The first kappa shape index (κ1) is 14.7. The Labute approximate surface area is 132 Å². The van der Waals surface area contributed by atoms with Gasteiger partial charge in [-0.25, -0.2) is 4.98 Å². The summed E-state index contributed by atoms with van der Waals surface area (Å²) in [4.78, 5) is 29.7. The van der Waals surface area contributed by atoms with Crippen LogP contribution in [0.2, 0.25) is 0 Å². The van der Waals surface area contributed by atoms with Gasteiger partial charge in [-0.15, -0.1) is 11.3 Å². The van der Waals surface area contributed by atoms with Crippen LogP contribution in [0.5, 0.6) is 0 Å². The van der Waals surface area contributed by atoms with Crippen molar-refractivity contribution in [3.8, 4) is 0 Å². The van der Waals surface area contributed by atoms with Gasteiger partial charge in [-0.3, -0.25) is 14.9 Å². The number of carbonyl (C=O) groups excluding carboxylic acids is 2. The molecule has 1 aliphatic carbocycles. The van der Waals surface area contributed by atoms with Crippen LogP contribution in [0.25, 0.3) is 0 Å². The zero-order valence-electron chi connectivity index (χ0n) is 12.3. The summed E-state index contributed by atoms with van der Waals surface area (Å²) in [6, 6.07) is 9.03. The van der Waals surface area contributed by atoms with Gasteiger partial charge in [-0.05, 0) is 31.9 Å². The predicted octanol–water partition coefficient (Wildman–Crippen LogP) is 2.56. The Kier molecular flexibility index (Phi) is 4.20. The highest BCUT2D eigenvalue weighted by molar-refractivity contribution is 7.16. The summed E-state index contributed by atoms with van der Waals surface area (Å²) in [7, 11) is 0. The highest BCUT2D eigenvalue weighted by atomic mass is 32.1. The number of benzene rings is 1. The van der Waals surface area contributed by atoms with Crippen molar-refractivity contribution < 1.29 is 9.59 Å². The van der Waals surface area contributed by atoms with Gasteiger partial charge in [0.05, 0.1) is 11.6 Å². The molecule has 22 heavy (non-hydrogen) atoms. The molecule has 2 amide bonds. The molecule has 2 N–H and O–H groups in total. The largest absolute Gasteiger partial charge is 0.356 e. The van der Waals surface area contributed by atoms with Crippen LogP contribution in [0.15, 0.2) is 30.3 Å². The number of amides is 2. The number of hydrogen-bond acceptors (Lipinski definition) is 4. The number of nitrogens with one attached hydrogen (secondary N) is 2. The second-order valence-electron chi connectivity index (χ2n) is 5.13. The van der Waals surface area contributed by atoms with Gasteiger partial charge in [-0.1, -0.05) is 18.2 Å². The standard InChI is InChI=1S/C16H17N3O2S/c1-2-17-15(21)11-8-9-12-13(11)18-16(22-12)19-14(20)10-6-4-3-5-7-10/h3-7,11H,2,8-9H2,1H3,(H,17,21)(H,18,19,20). The van der Waals surface area contributed by atoms with E-state index < -0.39 is 0 Å². The SMILES string of the molecule is CCNC(=O)C1CCc2sc(NC(=O)c3ccccc3)nc21. The van der Waals surface area contributed by atoms with Gasteiger partial charge < -0.3 is 5.32 Å². The summed E-state index contributed by atoms with van der Waals surface area (Å²) in [6.45, 7) is 2.52. The van der Waals surface area contributed by atoms with Crippen LogP contribution in [0.3, 0.4) is 0 Å². The summed E-state index contributed by atoms with van der Waals surface area (Å²) in [6.07, 6.45) is 1.64. The number of thiazole rings is 1. The van der Waals surface area contributed by atoms with E-state index in [1.165, 1.54) is 11.3 Å². The zero-order chi connectivity index (χ0) is 15.5. The molecule has 1 aliphatic rings. The summed E-state index contributed by atoms with van der Waals surface area (Å²) >= 11 is 1.46. The van der Waals surface area contributed by atoms with Crippen molar-refractivity contribution in [1.82, 2.24) is 10.3 Å². The first-order chi connectivity index (χ1) is 10.7. The molecule has 0 saturated heterocycles. The maximum absolute atomic E-state index is 12.1. The number of aryl methyl sites for hydroxylation is 1. The van der Waals surface area contributed by atoms with Gasteiger partial charge in [0, 0.05) is 17.0 Å². The smallest absolute Gasteiger partial charge is 0.257 e. The lowest BCUT2D eigenvalue weighted by Gasteiger charge is -2.08. The minimum atomic E-state index is -0.187. The van der Waals surface area contributed by atoms with Gasteiger partial charge in [-0.2, -0.15) is 0 Å². The van der Waals surface area contributed by atoms with Gasteiger partial charge in [0.2, 0.25) is 5.91 Å². The third kappa shape index (κ3) is 2.87. The Bertz CT molecular complexity index is 697. The molecule has 1 heterocycles. The van der Waals surface area contributed by atoms with Gasteiger partial charge in [0.1, 0.15) is 0 Å². The highest BCUT2D eigenvalue weighted by Gasteiger charge is 2.32. The lowest BCUT2D eigenvalue weighted by Crippen LogP contribution is -2.28. The molecule has 0 spiro atoms. The molecule has 0 saturated carbocycles. The first-order valence-electron chi connectivity index (χ1n) is 7.32. The molecule has 114 valence electrons. The number of hydrogen-bond donors (Lipinski definition) is 2. The minimum absolute atomic E-state index is 0.0208. The highest BCUT2D eigenvalue weighted by Crippen LogP contribution is 2.38. The molecule has 0 fully saturated rings. The van der Waals surface area contributed by atoms with Gasteiger partial charge in [0.25, 0.3) is 5.91 Å². The molecular weight excluding hydrogens is 298 g/mol. The Balaban J connectivity index is 1.74. The summed E-state index contributed by atoms with van der Waals surface area (Å²) in [5.74, 6) is -0.344. The average Bonchev–Trinajstić information content (AvgIpc) is 3.08. The van der Waals surface area contributed by atoms with Crippen LogP contribution < -0.4 is 10.6 Å².